The van der Waals surface area contributed by atoms with Crippen molar-refractivity contribution >= 4 is 17.9 Å². The van der Waals surface area contributed by atoms with E-state index < -0.39 is 6.10 Å². The fourth-order valence-corrected chi connectivity index (χ4v) is 10.4. The smallest absolute Gasteiger partial charge is 0.306 e. The standard InChI is InChI=1S/C71H132O6/c1-4-7-10-13-16-19-22-25-27-29-30-31-32-33-34-35-36-37-38-39-40-42-43-46-49-52-55-58-61-64-70(73)76-67-68(66-75-69(72)63-60-57-54-51-48-45-24-21-18-15-12-9-6-3)77-71(74)65-62-59-56-53-50-47-44-41-28-26-23-20-17-14-11-8-5-2/h21-22,24-25,29-30,68H,4-20,23,26-28,31-67H2,1-3H3/b24-21-,25-22-,30-29-. The summed E-state index contributed by atoms with van der Waals surface area (Å²) in [6, 6.07) is 0. The highest BCUT2D eigenvalue weighted by atomic mass is 16.6. The molecule has 1 unspecified atom stereocenters. The maximum atomic E-state index is 12.9. The molecule has 0 aromatic rings. The minimum absolute atomic E-state index is 0.0691. The van der Waals surface area contributed by atoms with E-state index in [4.69, 9.17) is 14.2 Å². The number of ether oxygens (including phenoxy) is 3. The minimum atomic E-state index is -0.772. The third-order valence-corrected chi connectivity index (χ3v) is 15.6. The topological polar surface area (TPSA) is 78.9 Å². The van der Waals surface area contributed by atoms with Crippen LogP contribution in [-0.4, -0.2) is 37.2 Å². The first-order chi connectivity index (χ1) is 38.0. The average Bonchev–Trinajstić information content (AvgIpc) is 3.43. The summed E-state index contributed by atoms with van der Waals surface area (Å²) >= 11 is 0. The molecule has 0 saturated heterocycles. The SMILES string of the molecule is CCCCCC/C=C\CCCCCCCC(=O)OCC(COC(=O)CCCCCCCCCCCCCCCCCCC/C=C\C/C=C\CCCCCCC)OC(=O)CCCCCCCCCCCCCCCCCCC. The average molecular weight is 1080 g/mol. The Balaban J connectivity index is 4.17. The van der Waals surface area contributed by atoms with E-state index in [-0.39, 0.29) is 31.1 Å². The van der Waals surface area contributed by atoms with Gasteiger partial charge < -0.3 is 14.2 Å². The summed E-state index contributed by atoms with van der Waals surface area (Å²) in [5.74, 6) is -0.851. The maximum Gasteiger partial charge on any atom is 0.306 e. The van der Waals surface area contributed by atoms with Crippen molar-refractivity contribution in [2.45, 2.75) is 386 Å². The first-order valence-electron chi connectivity index (χ1n) is 34.5. The molecule has 0 saturated carbocycles. The van der Waals surface area contributed by atoms with E-state index in [0.29, 0.717) is 19.3 Å². The quantitative estimate of drug-likeness (QED) is 0.0261. The van der Waals surface area contributed by atoms with E-state index in [9.17, 15) is 14.4 Å². The Hall–Kier alpha value is -2.37. The number of carbonyl (C=O) groups is 3. The molecule has 77 heavy (non-hydrogen) atoms. The van der Waals surface area contributed by atoms with Crippen LogP contribution in [-0.2, 0) is 28.6 Å². The van der Waals surface area contributed by atoms with Gasteiger partial charge in [-0.05, 0) is 77.0 Å². The van der Waals surface area contributed by atoms with Gasteiger partial charge in [0.05, 0.1) is 0 Å². The largest absolute Gasteiger partial charge is 0.462 e. The Labute approximate surface area is 480 Å². The summed E-state index contributed by atoms with van der Waals surface area (Å²) < 4.78 is 17.0. The van der Waals surface area contributed by atoms with Crippen molar-refractivity contribution in [1.29, 1.82) is 0 Å². The predicted octanol–water partition coefficient (Wildman–Crippen LogP) is 23.6. The second kappa shape index (κ2) is 66.1. The van der Waals surface area contributed by atoms with E-state index in [2.05, 4.69) is 57.2 Å². The molecule has 0 aliphatic rings. The van der Waals surface area contributed by atoms with Crippen molar-refractivity contribution < 1.29 is 28.6 Å². The molecule has 0 aromatic carbocycles. The van der Waals surface area contributed by atoms with Crippen molar-refractivity contribution in [2.24, 2.45) is 0 Å². The van der Waals surface area contributed by atoms with Gasteiger partial charge >= 0.3 is 17.9 Å². The minimum Gasteiger partial charge on any atom is -0.462 e. The predicted molar refractivity (Wildman–Crippen MR) is 335 cm³/mol. The van der Waals surface area contributed by atoms with Crippen LogP contribution >= 0.6 is 0 Å². The Kier molecular flexibility index (Phi) is 64.1. The Bertz CT molecular complexity index is 1290. The van der Waals surface area contributed by atoms with Gasteiger partial charge in [-0.25, -0.2) is 0 Å². The van der Waals surface area contributed by atoms with Crippen LogP contribution in [0.25, 0.3) is 0 Å². The molecule has 0 N–H and O–H groups in total. The highest BCUT2D eigenvalue weighted by Gasteiger charge is 2.19. The van der Waals surface area contributed by atoms with Crippen LogP contribution in [0.5, 0.6) is 0 Å². The summed E-state index contributed by atoms with van der Waals surface area (Å²) in [4.78, 5) is 38.3. The van der Waals surface area contributed by atoms with Gasteiger partial charge in [0.2, 0.25) is 0 Å². The molecule has 0 radical (unpaired) electrons. The molecule has 0 rings (SSSR count). The molecule has 6 heteroatoms. The lowest BCUT2D eigenvalue weighted by Gasteiger charge is -2.18. The van der Waals surface area contributed by atoms with Gasteiger partial charge in [0.1, 0.15) is 13.2 Å². The van der Waals surface area contributed by atoms with Crippen molar-refractivity contribution in [1.82, 2.24) is 0 Å². The molecule has 0 aromatic heterocycles. The number of hydrogen-bond donors (Lipinski definition) is 0. The third-order valence-electron chi connectivity index (χ3n) is 15.6. The van der Waals surface area contributed by atoms with Crippen LogP contribution < -0.4 is 0 Å². The van der Waals surface area contributed by atoms with Crippen LogP contribution in [0.2, 0.25) is 0 Å². The molecular formula is C71H132O6. The molecule has 6 nitrogen and oxygen atoms in total. The fraction of sp³-hybridized carbons (Fsp3) is 0.873. The fourth-order valence-electron chi connectivity index (χ4n) is 10.4. The lowest BCUT2D eigenvalue weighted by molar-refractivity contribution is -0.167. The number of rotatable bonds is 64. The highest BCUT2D eigenvalue weighted by molar-refractivity contribution is 5.71. The first kappa shape index (κ1) is 74.6. The molecule has 0 amide bonds. The zero-order chi connectivity index (χ0) is 55.7. The molecule has 0 spiro atoms. The monoisotopic (exact) mass is 1080 g/mol. The molecule has 1 atom stereocenters. The number of hydrogen-bond acceptors (Lipinski definition) is 6. The summed E-state index contributed by atoms with van der Waals surface area (Å²) in [7, 11) is 0. The van der Waals surface area contributed by atoms with Crippen LogP contribution in [0.4, 0.5) is 0 Å². The van der Waals surface area contributed by atoms with Crippen molar-refractivity contribution in [3.8, 4) is 0 Å². The summed E-state index contributed by atoms with van der Waals surface area (Å²) in [5.41, 5.74) is 0. The van der Waals surface area contributed by atoms with Crippen LogP contribution in [0, 0.1) is 0 Å². The number of carbonyl (C=O) groups excluding carboxylic acids is 3. The first-order valence-corrected chi connectivity index (χ1v) is 34.5. The highest BCUT2D eigenvalue weighted by Crippen LogP contribution is 2.18. The second-order valence-corrected chi connectivity index (χ2v) is 23.4. The molecule has 0 heterocycles. The molecule has 0 aliphatic heterocycles. The second-order valence-electron chi connectivity index (χ2n) is 23.4. The van der Waals surface area contributed by atoms with Crippen LogP contribution in [0.3, 0.4) is 0 Å². The van der Waals surface area contributed by atoms with Gasteiger partial charge in [-0.15, -0.1) is 0 Å². The zero-order valence-electron chi connectivity index (χ0n) is 52.0. The van der Waals surface area contributed by atoms with Gasteiger partial charge in [-0.2, -0.15) is 0 Å². The van der Waals surface area contributed by atoms with Gasteiger partial charge in [0.15, 0.2) is 6.10 Å². The summed E-state index contributed by atoms with van der Waals surface area (Å²) in [5, 5.41) is 0. The zero-order valence-corrected chi connectivity index (χ0v) is 52.0. The van der Waals surface area contributed by atoms with Gasteiger partial charge in [-0.1, -0.05) is 320 Å². The molecular weight excluding hydrogens is 949 g/mol. The number of unbranched alkanes of at least 4 members (excludes halogenated alkanes) is 47. The lowest BCUT2D eigenvalue weighted by atomic mass is 10.0. The molecule has 0 aliphatic carbocycles. The van der Waals surface area contributed by atoms with Crippen LogP contribution in [0.1, 0.15) is 380 Å². The number of allylic oxidation sites excluding steroid dienone is 6. The Morgan fingerprint density at radius 1 is 0.260 bits per heavy atom. The Morgan fingerprint density at radius 3 is 0.740 bits per heavy atom. The van der Waals surface area contributed by atoms with Crippen LogP contribution in [0.15, 0.2) is 36.5 Å². The maximum absolute atomic E-state index is 12.9. The molecule has 0 bridgehead atoms. The molecule has 0 fully saturated rings. The van der Waals surface area contributed by atoms with E-state index in [1.165, 1.54) is 270 Å². The lowest BCUT2D eigenvalue weighted by Crippen LogP contribution is -2.30. The van der Waals surface area contributed by atoms with E-state index in [1.54, 1.807) is 0 Å². The van der Waals surface area contributed by atoms with E-state index in [0.717, 1.165) is 70.6 Å². The van der Waals surface area contributed by atoms with Gasteiger partial charge in [-0.3, -0.25) is 14.4 Å². The Morgan fingerprint density at radius 2 is 0.468 bits per heavy atom. The molecule has 452 valence electrons. The van der Waals surface area contributed by atoms with Gasteiger partial charge in [0, 0.05) is 19.3 Å². The van der Waals surface area contributed by atoms with Crippen molar-refractivity contribution in [3.05, 3.63) is 36.5 Å². The van der Waals surface area contributed by atoms with Crippen molar-refractivity contribution in [3.63, 3.8) is 0 Å². The normalized spacial score (nSPS) is 12.2. The summed E-state index contributed by atoms with van der Waals surface area (Å²) in [6.45, 7) is 6.67. The van der Waals surface area contributed by atoms with Crippen molar-refractivity contribution in [2.75, 3.05) is 13.2 Å². The number of esters is 3. The van der Waals surface area contributed by atoms with E-state index in [1.807, 2.05) is 0 Å². The summed E-state index contributed by atoms with van der Waals surface area (Å²) in [6.07, 6.45) is 81.7. The third kappa shape index (κ3) is 64.3. The van der Waals surface area contributed by atoms with E-state index >= 15 is 0 Å². The van der Waals surface area contributed by atoms with Gasteiger partial charge in [0.25, 0.3) is 0 Å².